The maximum Gasteiger partial charge on any atom is 0.175 e. The van der Waals surface area contributed by atoms with Crippen molar-refractivity contribution in [3.05, 3.63) is 53.1 Å². The molecule has 0 aliphatic heterocycles. The van der Waals surface area contributed by atoms with Gasteiger partial charge >= 0.3 is 0 Å². The molecule has 0 N–H and O–H groups in total. The molecule has 2 nitrogen and oxygen atoms in total. The standard InChI is InChI=1S/C14H13ClO2S/c1-10-8-13(18(2,16)17)6-7-14(10)11-4-3-5-12(15)9-11/h3-9H,1-2H3. The monoisotopic (exact) mass is 280 g/mol. The van der Waals surface area contributed by atoms with Gasteiger partial charge in [0.1, 0.15) is 0 Å². The van der Waals surface area contributed by atoms with E-state index in [2.05, 4.69) is 0 Å². The number of hydrogen-bond donors (Lipinski definition) is 0. The van der Waals surface area contributed by atoms with Crippen molar-refractivity contribution in [3.8, 4) is 11.1 Å². The lowest BCUT2D eigenvalue weighted by molar-refractivity contribution is 0.602. The van der Waals surface area contributed by atoms with Gasteiger partial charge < -0.3 is 0 Å². The number of hydrogen-bond acceptors (Lipinski definition) is 2. The van der Waals surface area contributed by atoms with Crippen LogP contribution in [0.1, 0.15) is 5.56 Å². The molecule has 0 aliphatic rings. The van der Waals surface area contributed by atoms with Gasteiger partial charge in [0.15, 0.2) is 9.84 Å². The van der Waals surface area contributed by atoms with Crippen molar-refractivity contribution < 1.29 is 8.42 Å². The van der Waals surface area contributed by atoms with Gasteiger partial charge in [-0.05, 0) is 47.9 Å². The van der Waals surface area contributed by atoms with Gasteiger partial charge in [0.05, 0.1) is 4.90 Å². The lowest BCUT2D eigenvalue weighted by Crippen LogP contribution is -1.97. The first-order chi connectivity index (χ1) is 8.38. The largest absolute Gasteiger partial charge is 0.224 e. The highest BCUT2D eigenvalue weighted by atomic mass is 35.5. The van der Waals surface area contributed by atoms with Crippen molar-refractivity contribution in [1.29, 1.82) is 0 Å². The summed E-state index contributed by atoms with van der Waals surface area (Å²) in [4.78, 5) is 0.339. The summed E-state index contributed by atoms with van der Waals surface area (Å²) in [6, 6.07) is 12.6. The van der Waals surface area contributed by atoms with E-state index in [1.807, 2.05) is 37.3 Å². The van der Waals surface area contributed by atoms with Gasteiger partial charge in [0.2, 0.25) is 0 Å². The molecule has 0 unspecified atom stereocenters. The average molecular weight is 281 g/mol. The zero-order chi connectivity index (χ0) is 13.3. The number of aryl methyl sites for hydroxylation is 1. The SMILES string of the molecule is Cc1cc(S(C)(=O)=O)ccc1-c1cccc(Cl)c1. The first-order valence-corrected chi connectivity index (χ1v) is 7.71. The molecule has 4 heteroatoms. The minimum atomic E-state index is -3.16. The van der Waals surface area contributed by atoms with E-state index in [9.17, 15) is 8.42 Å². The van der Waals surface area contributed by atoms with E-state index in [1.165, 1.54) is 6.26 Å². The Labute approximate surface area is 112 Å². The van der Waals surface area contributed by atoms with E-state index in [0.717, 1.165) is 16.7 Å². The van der Waals surface area contributed by atoms with Crippen molar-refractivity contribution in [2.75, 3.05) is 6.26 Å². The van der Waals surface area contributed by atoms with Crippen LogP contribution < -0.4 is 0 Å². The van der Waals surface area contributed by atoms with Crippen molar-refractivity contribution in [1.82, 2.24) is 0 Å². The highest BCUT2D eigenvalue weighted by Crippen LogP contribution is 2.27. The first kappa shape index (κ1) is 13.1. The third kappa shape index (κ3) is 2.74. The second-order valence-electron chi connectivity index (χ2n) is 4.26. The number of sulfone groups is 1. The minimum Gasteiger partial charge on any atom is -0.224 e. The summed E-state index contributed by atoms with van der Waals surface area (Å²) in [6.45, 7) is 1.89. The fraction of sp³-hybridized carbons (Fsp3) is 0.143. The third-order valence-corrected chi connectivity index (χ3v) is 4.11. The molecule has 18 heavy (non-hydrogen) atoms. The van der Waals surface area contributed by atoms with Crippen LogP contribution in [0, 0.1) is 6.92 Å². The van der Waals surface area contributed by atoms with E-state index in [1.54, 1.807) is 12.1 Å². The molecule has 0 saturated carbocycles. The van der Waals surface area contributed by atoms with E-state index < -0.39 is 9.84 Å². The zero-order valence-corrected chi connectivity index (χ0v) is 11.7. The van der Waals surface area contributed by atoms with E-state index >= 15 is 0 Å². The van der Waals surface area contributed by atoms with Gasteiger partial charge in [0, 0.05) is 11.3 Å². The van der Waals surface area contributed by atoms with Gasteiger partial charge in [-0.25, -0.2) is 8.42 Å². The third-order valence-electron chi connectivity index (χ3n) is 2.76. The summed E-state index contributed by atoms with van der Waals surface area (Å²) in [7, 11) is -3.16. The van der Waals surface area contributed by atoms with Crippen LogP contribution >= 0.6 is 11.6 Å². The molecule has 0 spiro atoms. The molecule has 94 valence electrons. The molecular weight excluding hydrogens is 268 g/mol. The van der Waals surface area contributed by atoms with E-state index in [4.69, 9.17) is 11.6 Å². The van der Waals surface area contributed by atoms with Crippen molar-refractivity contribution in [2.24, 2.45) is 0 Å². The van der Waals surface area contributed by atoms with E-state index in [-0.39, 0.29) is 0 Å². The molecule has 0 fully saturated rings. The molecule has 0 bridgehead atoms. The van der Waals surface area contributed by atoms with Crippen LogP contribution in [0.5, 0.6) is 0 Å². The van der Waals surface area contributed by atoms with Gasteiger partial charge in [-0.3, -0.25) is 0 Å². The molecule has 0 saturated heterocycles. The lowest BCUT2D eigenvalue weighted by Gasteiger charge is -2.08. The van der Waals surface area contributed by atoms with Crippen LogP contribution in [0.4, 0.5) is 0 Å². The number of benzene rings is 2. The molecule has 0 amide bonds. The van der Waals surface area contributed by atoms with Crippen LogP contribution in [0.3, 0.4) is 0 Å². The smallest absolute Gasteiger partial charge is 0.175 e. The molecule has 0 radical (unpaired) electrons. The molecule has 2 aromatic carbocycles. The van der Waals surface area contributed by atoms with Crippen molar-refractivity contribution >= 4 is 21.4 Å². The Balaban J connectivity index is 2.55. The highest BCUT2D eigenvalue weighted by molar-refractivity contribution is 7.90. The second kappa shape index (κ2) is 4.75. The Morgan fingerprint density at radius 1 is 1.06 bits per heavy atom. The summed E-state index contributed by atoms with van der Waals surface area (Å²) in [5.41, 5.74) is 2.89. The fourth-order valence-electron chi connectivity index (χ4n) is 1.85. The van der Waals surface area contributed by atoms with Crippen LogP contribution in [0.25, 0.3) is 11.1 Å². The van der Waals surface area contributed by atoms with Crippen LogP contribution in [-0.2, 0) is 9.84 Å². The molecule has 0 heterocycles. The van der Waals surface area contributed by atoms with Gasteiger partial charge in [-0.15, -0.1) is 0 Å². The Kier molecular flexibility index (Phi) is 3.46. The average Bonchev–Trinajstić information content (AvgIpc) is 2.27. The van der Waals surface area contributed by atoms with Crippen LogP contribution in [0.15, 0.2) is 47.4 Å². The predicted octanol–water partition coefficient (Wildman–Crippen LogP) is 3.72. The molecule has 0 atom stereocenters. The molecular formula is C14H13ClO2S. The van der Waals surface area contributed by atoms with Crippen molar-refractivity contribution in [3.63, 3.8) is 0 Å². The summed E-state index contributed by atoms with van der Waals surface area (Å²) in [6.07, 6.45) is 1.21. The summed E-state index contributed by atoms with van der Waals surface area (Å²) in [5.74, 6) is 0. The summed E-state index contributed by atoms with van der Waals surface area (Å²) in [5, 5.41) is 0.666. The maximum atomic E-state index is 11.5. The Morgan fingerprint density at radius 3 is 2.33 bits per heavy atom. The topological polar surface area (TPSA) is 34.1 Å². The quantitative estimate of drug-likeness (QED) is 0.840. The number of rotatable bonds is 2. The van der Waals surface area contributed by atoms with Crippen molar-refractivity contribution in [2.45, 2.75) is 11.8 Å². The van der Waals surface area contributed by atoms with Crippen LogP contribution in [0.2, 0.25) is 5.02 Å². The first-order valence-electron chi connectivity index (χ1n) is 5.44. The summed E-state index contributed by atoms with van der Waals surface area (Å²) < 4.78 is 22.9. The van der Waals surface area contributed by atoms with Gasteiger partial charge in [0.25, 0.3) is 0 Å². The molecule has 2 aromatic rings. The Hall–Kier alpha value is -1.32. The lowest BCUT2D eigenvalue weighted by atomic mass is 10.0. The molecule has 2 rings (SSSR count). The summed E-state index contributed by atoms with van der Waals surface area (Å²) >= 11 is 5.96. The molecule has 0 aliphatic carbocycles. The maximum absolute atomic E-state index is 11.5. The van der Waals surface area contributed by atoms with E-state index in [0.29, 0.717) is 9.92 Å². The normalized spacial score (nSPS) is 11.5. The number of halogens is 1. The highest BCUT2D eigenvalue weighted by Gasteiger charge is 2.10. The fourth-order valence-corrected chi connectivity index (χ4v) is 2.74. The van der Waals surface area contributed by atoms with Crippen LogP contribution in [-0.4, -0.2) is 14.7 Å². The predicted molar refractivity (Wildman–Crippen MR) is 74.7 cm³/mol. The Morgan fingerprint density at radius 2 is 1.78 bits per heavy atom. The second-order valence-corrected chi connectivity index (χ2v) is 6.71. The van der Waals surface area contributed by atoms with Gasteiger partial charge in [-0.2, -0.15) is 0 Å². The molecule has 0 aromatic heterocycles. The minimum absolute atomic E-state index is 0.339. The van der Waals surface area contributed by atoms with Gasteiger partial charge in [-0.1, -0.05) is 29.8 Å². The Bertz CT molecular complexity index is 691. The zero-order valence-electron chi connectivity index (χ0n) is 10.1.